The summed E-state index contributed by atoms with van der Waals surface area (Å²) in [6.07, 6.45) is 1.52. The Morgan fingerprint density at radius 1 is 1.30 bits per heavy atom. The highest BCUT2D eigenvalue weighted by Gasteiger charge is 2.30. The first kappa shape index (κ1) is 21.6. The molecule has 0 bridgehead atoms. The Morgan fingerprint density at radius 3 is 2.78 bits per heavy atom. The molecule has 150 valence electrons. The predicted molar refractivity (Wildman–Crippen MR) is 104 cm³/mol. The van der Waals surface area contributed by atoms with E-state index < -0.39 is 10.0 Å². The van der Waals surface area contributed by atoms with Crippen LogP contribution in [0.2, 0.25) is 0 Å². The Hall–Kier alpha value is -1.68. The predicted octanol–water partition coefficient (Wildman–Crippen LogP) is 0.556. The van der Waals surface area contributed by atoms with Gasteiger partial charge in [0.25, 0.3) is 0 Å². The Kier molecular flexibility index (Phi) is 7.21. The summed E-state index contributed by atoms with van der Waals surface area (Å²) in [5.74, 6) is -0.494. The lowest BCUT2D eigenvalue weighted by atomic mass is 9.92. The number of nitrogens with zero attached hydrogens (tertiary/aromatic N) is 1. The van der Waals surface area contributed by atoms with Crippen molar-refractivity contribution in [2.24, 2.45) is 5.92 Å². The molecule has 1 aromatic carbocycles. The lowest BCUT2D eigenvalue weighted by molar-refractivity contribution is -0.122. The zero-order valence-electron chi connectivity index (χ0n) is 15.1. The van der Waals surface area contributed by atoms with Gasteiger partial charge in [-0.3, -0.25) is 9.59 Å². The maximum Gasteiger partial charge on any atom is 0.243 e. The molecule has 2 atom stereocenters. The van der Waals surface area contributed by atoms with Gasteiger partial charge in [-0.1, -0.05) is 6.07 Å². The van der Waals surface area contributed by atoms with Crippen molar-refractivity contribution in [3.8, 4) is 0 Å². The second-order valence-electron chi connectivity index (χ2n) is 6.78. The highest BCUT2D eigenvalue weighted by molar-refractivity contribution is 7.89. The standard InChI is InChI=1S/C17H24N4O4S.ClH/c1-12-9-13(5-6-18-12)17(23)20-14-3-2-4-15(10-14)26(24,25)21-8-7-19-16(22)11-21;/h2-4,10,12-13,18H,5-9,11H2,1H3,(H,19,22)(H,20,23);1H/t12-,13-;/m0./s1. The van der Waals surface area contributed by atoms with Gasteiger partial charge in [0, 0.05) is 30.7 Å². The molecule has 2 saturated heterocycles. The minimum Gasteiger partial charge on any atom is -0.354 e. The summed E-state index contributed by atoms with van der Waals surface area (Å²) < 4.78 is 26.6. The van der Waals surface area contributed by atoms with Gasteiger partial charge in [-0.2, -0.15) is 4.31 Å². The van der Waals surface area contributed by atoms with E-state index in [1.54, 1.807) is 12.1 Å². The summed E-state index contributed by atoms with van der Waals surface area (Å²) in [6.45, 7) is 3.18. The quantitative estimate of drug-likeness (QED) is 0.664. The largest absolute Gasteiger partial charge is 0.354 e. The summed E-state index contributed by atoms with van der Waals surface area (Å²) in [7, 11) is -3.78. The van der Waals surface area contributed by atoms with Crippen LogP contribution < -0.4 is 16.0 Å². The van der Waals surface area contributed by atoms with Crippen LogP contribution in [0.5, 0.6) is 0 Å². The van der Waals surface area contributed by atoms with E-state index in [4.69, 9.17) is 0 Å². The first-order chi connectivity index (χ1) is 12.4. The van der Waals surface area contributed by atoms with Crippen molar-refractivity contribution in [2.75, 3.05) is 31.5 Å². The molecule has 2 aliphatic rings. The zero-order chi connectivity index (χ0) is 18.7. The molecule has 2 amide bonds. The van der Waals surface area contributed by atoms with Crippen molar-refractivity contribution in [3.05, 3.63) is 24.3 Å². The SMILES string of the molecule is C[C@H]1C[C@@H](C(=O)Nc2cccc(S(=O)(=O)N3CCNC(=O)C3)c2)CCN1.Cl. The van der Waals surface area contributed by atoms with Crippen molar-refractivity contribution in [1.29, 1.82) is 0 Å². The molecule has 1 aromatic rings. The molecule has 0 unspecified atom stereocenters. The second-order valence-corrected chi connectivity index (χ2v) is 8.72. The molecule has 10 heteroatoms. The fraction of sp³-hybridized carbons (Fsp3) is 0.529. The Bertz CT molecular complexity index is 802. The number of hydrogen-bond donors (Lipinski definition) is 3. The maximum atomic E-state index is 12.7. The van der Waals surface area contributed by atoms with Crippen molar-refractivity contribution < 1.29 is 18.0 Å². The Labute approximate surface area is 165 Å². The number of hydrogen-bond acceptors (Lipinski definition) is 5. The third kappa shape index (κ3) is 5.19. The Morgan fingerprint density at radius 2 is 2.07 bits per heavy atom. The molecule has 2 aliphatic heterocycles. The number of anilines is 1. The number of piperidine rings is 1. The van der Waals surface area contributed by atoms with Gasteiger partial charge in [-0.05, 0) is 44.5 Å². The van der Waals surface area contributed by atoms with Crippen LogP contribution in [-0.4, -0.2) is 56.8 Å². The van der Waals surface area contributed by atoms with Crippen molar-refractivity contribution in [1.82, 2.24) is 14.9 Å². The van der Waals surface area contributed by atoms with E-state index in [2.05, 4.69) is 16.0 Å². The van der Waals surface area contributed by atoms with Crippen LogP contribution in [0, 0.1) is 5.92 Å². The summed E-state index contributed by atoms with van der Waals surface area (Å²) in [5, 5.41) is 8.74. The molecule has 3 rings (SSSR count). The zero-order valence-corrected chi connectivity index (χ0v) is 16.7. The molecule has 0 radical (unpaired) electrons. The molecule has 0 aromatic heterocycles. The second kappa shape index (κ2) is 9.01. The van der Waals surface area contributed by atoms with E-state index in [0.29, 0.717) is 12.2 Å². The molecule has 2 heterocycles. The van der Waals surface area contributed by atoms with E-state index in [1.807, 2.05) is 6.92 Å². The van der Waals surface area contributed by atoms with Gasteiger partial charge in [0.1, 0.15) is 0 Å². The van der Waals surface area contributed by atoms with Crippen LogP contribution in [0.1, 0.15) is 19.8 Å². The van der Waals surface area contributed by atoms with Gasteiger partial charge in [-0.15, -0.1) is 12.4 Å². The highest BCUT2D eigenvalue weighted by atomic mass is 35.5. The van der Waals surface area contributed by atoms with Crippen molar-refractivity contribution in [2.45, 2.75) is 30.7 Å². The minimum absolute atomic E-state index is 0. The van der Waals surface area contributed by atoms with Crippen molar-refractivity contribution in [3.63, 3.8) is 0 Å². The van der Waals surface area contributed by atoms with Gasteiger partial charge < -0.3 is 16.0 Å². The summed E-state index contributed by atoms with van der Waals surface area (Å²) in [5.41, 5.74) is 0.448. The smallest absolute Gasteiger partial charge is 0.243 e. The van der Waals surface area contributed by atoms with Gasteiger partial charge in [0.05, 0.1) is 11.4 Å². The molecule has 2 fully saturated rings. The fourth-order valence-corrected chi connectivity index (χ4v) is 4.76. The third-order valence-corrected chi connectivity index (χ3v) is 6.58. The van der Waals surface area contributed by atoms with Crippen LogP contribution in [0.15, 0.2) is 29.2 Å². The minimum atomic E-state index is -3.78. The first-order valence-corrected chi connectivity index (χ1v) is 10.2. The lowest BCUT2D eigenvalue weighted by Crippen LogP contribution is -2.49. The van der Waals surface area contributed by atoms with Gasteiger partial charge in [-0.25, -0.2) is 8.42 Å². The van der Waals surface area contributed by atoms with E-state index in [-0.39, 0.29) is 54.2 Å². The fourth-order valence-electron chi connectivity index (χ4n) is 3.32. The van der Waals surface area contributed by atoms with E-state index in [0.717, 1.165) is 23.7 Å². The van der Waals surface area contributed by atoms with Crippen LogP contribution in [-0.2, 0) is 19.6 Å². The van der Waals surface area contributed by atoms with Crippen LogP contribution in [0.25, 0.3) is 0 Å². The van der Waals surface area contributed by atoms with Gasteiger partial charge in [0.2, 0.25) is 21.8 Å². The molecule has 0 saturated carbocycles. The summed E-state index contributed by atoms with van der Waals surface area (Å²) >= 11 is 0. The molecular formula is C17H25ClN4O4S. The van der Waals surface area contributed by atoms with E-state index in [1.165, 1.54) is 12.1 Å². The third-order valence-electron chi connectivity index (χ3n) is 4.74. The normalized spacial score (nSPS) is 23.8. The molecular weight excluding hydrogens is 392 g/mol. The maximum absolute atomic E-state index is 12.7. The number of carbonyl (C=O) groups excluding carboxylic acids is 2. The van der Waals surface area contributed by atoms with Crippen LogP contribution >= 0.6 is 12.4 Å². The number of sulfonamides is 1. The lowest BCUT2D eigenvalue weighted by Gasteiger charge is -2.27. The number of piperazine rings is 1. The van der Waals surface area contributed by atoms with Crippen molar-refractivity contribution >= 4 is 39.9 Å². The number of nitrogens with one attached hydrogen (secondary N) is 3. The highest BCUT2D eigenvalue weighted by Crippen LogP contribution is 2.22. The molecule has 0 spiro atoms. The van der Waals surface area contributed by atoms with Crippen LogP contribution in [0.4, 0.5) is 5.69 Å². The topological polar surface area (TPSA) is 108 Å². The van der Waals surface area contributed by atoms with Gasteiger partial charge >= 0.3 is 0 Å². The average Bonchev–Trinajstić information content (AvgIpc) is 2.62. The summed E-state index contributed by atoms with van der Waals surface area (Å²) in [4.78, 5) is 24.0. The monoisotopic (exact) mass is 416 g/mol. The molecule has 27 heavy (non-hydrogen) atoms. The first-order valence-electron chi connectivity index (χ1n) is 8.77. The molecule has 0 aliphatic carbocycles. The number of carbonyl (C=O) groups is 2. The number of rotatable bonds is 4. The number of benzene rings is 1. The molecule has 8 nitrogen and oxygen atoms in total. The Balaban J connectivity index is 0.00000261. The number of amides is 2. The summed E-state index contributed by atoms with van der Waals surface area (Å²) in [6, 6.07) is 6.48. The van der Waals surface area contributed by atoms with E-state index >= 15 is 0 Å². The number of halogens is 1. The van der Waals surface area contributed by atoms with E-state index in [9.17, 15) is 18.0 Å². The molecule has 3 N–H and O–H groups in total. The van der Waals surface area contributed by atoms with Crippen LogP contribution in [0.3, 0.4) is 0 Å². The van der Waals surface area contributed by atoms with Gasteiger partial charge in [0.15, 0.2) is 0 Å². The average molecular weight is 417 g/mol.